The molecule has 1 atom stereocenters. The number of carbonyl (C=O) groups is 1. The fourth-order valence-corrected chi connectivity index (χ4v) is 7.25. The highest BCUT2D eigenvalue weighted by atomic mass is 32.1. The van der Waals surface area contributed by atoms with E-state index in [1.807, 2.05) is 10.4 Å². The third-order valence-electron chi connectivity index (χ3n) is 8.54. The Bertz CT molecular complexity index is 1360. The van der Waals surface area contributed by atoms with E-state index in [9.17, 15) is 4.79 Å². The number of benzene rings is 1. The van der Waals surface area contributed by atoms with Gasteiger partial charge in [0.2, 0.25) is 11.9 Å². The summed E-state index contributed by atoms with van der Waals surface area (Å²) in [7, 11) is 0. The Morgan fingerprint density at radius 1 is 1.19 bits per heavy atom. The Morgan fingerprint density at radius 3 is 2.78 bits per heavy atom. The number of rotatable bonds is 4. The van der Waals surface area contributed by atoms with E-state index in [2.05, 4.69) is 55.4 Å². The maximum absolute atomic E-state index is 12.0. The van der Waals surface area contributed by atoms with Crippen molar-refractivity contribution in [2.75, 3.05) is 31.1 Å². The van der Waals surface area contributed by atoms with Crippen LogP contribution in [0.25, 0.3) is 11.3 Å². The van der Waals surface area contributed by atoms with E-state index < -0.39 is 0 Å². The van der Waals surface area contributed by atoms with Gasteiger partial charge in [-0.05, 0) is 63.7 Å². The number of nitrogens with zero attached hydrogens (tertiary/aromatic N) is 5. The van der Waals surface area contributed by atoms with Crippen LogP contribution in [-0.4, -0.2) is 51.9 Å². The summed E-state index contributed by atoms with van der Waals surface area (Å²) in [5.74, 6) is 1.34. The van der Waals surface area contributed by atoms with Crippen LogP contribution in [0.4, 0.5) is 5.95 Å². The van der Waals surface area contributed by atoms with Gasteiger partial charge in [-0.3, -0.25) is 4.79 Å². The number of likely N-dealkylation sites (tertiary alicyclic amines) is 1. The van der Waals surface area contributed by atoms with Gasteiger partial charge in [0.25, 0.3) is 0 Å². The minimum Gasteiger partial charge on any atom is -0.340 e. The third-order valence-corrected chi connectivity index (χ3v) is 9.63. The third kappa shape index (κ3) is 3.84. The molecule has 3 aromatic rings. The molecule has 1 amide bonds. The lowest BCUT2D eigenvalue weighted by Gasteiger charge is -2.47. The molecule has 3 aliphatic rings. The maximum atomic E-state index is 12.0. The summed E-state index contributed by atoms with van der Waals surface area (Å²) in [5.41, 5.74) is 10.7. The van der Waals surface area contributed by atoms with Gasteiger partial charge in [0.15, 0.2) is 0 Å². The second-order valence-corrected chi connectivity index (χ2v) is 11.7. The monoisotopic (exact) mass is 499 g/mol. The van der Waals surface area contributed by atoms with Crippen molar-refractivity contribution in [3.05, 3.63) is 69.3 Å². The van der Waals surface area contributed by atoms with Gasteiger partial charge < -0.3 is 9.80 Å². The largest absolute Gasteiger partial charge is 0.340 e. The van der Waals surface area contributed by atoms with Crippen LogP contribution in [-0.2, 0) is 17.6 Å². The van der Waals surface area contributed by atoms with Crippen molar-refractivity contribution in [3.63, 3.8) is 0 Å². The van der Waals surface area contributed by atoms with Crippen molar-refractivity contribution in [3.8, 4) is 11.3 Å². The average Bonchev–Trinajstić information content (AvgIpc) is 3.50. The van der Waals surface area contributed by atoms with Gasteiger partial charge in [-0.15, -0.1) is 11.3 Å². The number of fused-ring (bicyclic) bond motifs is 1. The van der Waals surface area contributed by atoms with Crippen molar-refractivity contribution in [1.82, 2.24) is 19.9 Å². The van der Waals surface area contributed by atoms with Crippen molar-refractivity contribution >= 4 is 23.2 Å². The second-order valence-electron chi connectivity index (χ2n) is 10.9. The molecule has 1 aromatic carbocycles. The predicted octanol–water partition coefficient (Wildman–Crippen LogP) is 5.02. The summed E-state index contributed by atoms with van der Waals surface area (Å²) in [6.07, 6.45) is 5.52. The van der Waals surface area contributed by atoms with Crippen molar-refractivity contribution in [2.24, 2.45) is 5.41 Å². The number of amides is 1. The second kappa shape index (κ2) is 8.80. The van der Waals surface area contributed by atoms with Crippen LogP contribution in [0.1, 0.15) is 51.7 Å². The topological polar surface area (TPSA) is 62.2 Å². The standard InChI is InChI=1S/C29H33N5OS/c1-5-25(35)34-15-29(16-34)11-12-33(14-29)28-31-24-13-21(27-20(4)30-17-36-27)9-10-23(24)26(32-28)22-8-6-7-18(2)19(22)3/h5-8,17,21H,1,9-16H2,2-4H3/t21-/m0/s1. The molecule has 0 unspecified atom stereocenters. The molecular formula is C29H33N5OS. The molecule has 0 saturated carbocycles. The number of aromatic nitrogens is 3. The van der Waals surface area contributed by atoms with E-state index in [4.69, 9.17) is 9.97 Å². The molecule has 7 heteroatoms. The van der Waals surface area contributed by atoms with Crippen LogP contribution >= 0.6 is 11.3 Å². The van der Waals surface area contributed by atoms with Crippen LogP contribution < -0.4 is 4.90 Å². The zero-order chi connectivity index (χ0) is 25.0. The lowest BCUT2D eigenvalue weighted by Crippen LogP contribution is -2.59. The Labute approximate surface area is 217 Å². The number of carbonyl (C=O) groups excluding carboxylic acids is 1. The highest BCUT2D eigenvalue weighted by molar-refractivity contribution is 7.09. The van der Waals surface area contributed by atoms with E-state index in [-0.39, 0.29) is 11.3 Å². The van der Waals surface area contributed by atoms with Gasteiger partial charge in [-0.25, -0.2) is 15.0 Å². The first-order chi connectivity index (χ1) is 17.4. The summed E-state index contributed by atoms with van der Waals surface area (Å²) < 4.78 is 0. The number of hydrogen-bond donors (Lipinski definition) is 0. The first-order valence-electron chi connectivity index (χ1n) is 12.9. The molecule has 2 fully saturated rings. The molecule has 6 nitrogen and oxygen atoms in total. The minimum atomic E-state index is 0.0331. The maximum Gasteiger partial charge on any atom is 0.245 e. The molecule has 186 valence electrons. The first kappa shape index (κ1) is 23.3. The van der Waals surface area contributed by atoms with E-state index in [1.54, 1.807) is 11.3 Å². The van der Waals surface area contributed by atoms with E-state index in [0.717, 1.165) is 69.2 Å². The normalized spacial score (nSPS) is 20.4. The van der Waals surface area contributed by atoms with Crippen LogP contribution in [0.15, 0.2) is 36.4 Å². The van der Waals surface area contributed by atoms with Crippen LogP contribution in [0.3, 0.4) is 0 Å². The molecule has 0 bridgehead atoms. The predicted molar refractivity (Wildman–Crippen MR) is 145 cm³/mol. The van der Waals surface area contributed by atoms with Gasteiger partial charge in [0, 0.05) is 53.5 Å². The van der Waals surface area contributed by atoms with Crippen molar-refractivity contribution in [2.45, 2.75) is 52.4 Å². The van der Waals surface area contributed by atoms with Crippen LogP contribution in [0.5, 0.6) is 0 Å². The van der Waals surface area contributed by atoms with E-state index >= 15 is 0 Å². The van der Waals surface area contributed by atoms with Gasteiger partial charge >= 0.3 is 0 Å². The molecule has 6 rings (SSSR count). The summed E-state index contributed by atoms with van der Waals surface area (Å²) in [4.78, 5) is 32.7. The molecule has 4 heterocycles. The molecule has 36 heavy (non-hydrogen) atoms. The Balaban J connectivity index is 1.37. The molecule has 0 radical (unpaired) electrons. The van der Waals surface area contributed by atoms with E-state index in [0.29, 0.717) is 5.92 Å². The number of aryl methyl sites for hydroxylation is 2. The number of hydrogen-bond acceptors (Lipinski definition) is 6. The lowest BCUT2D eigenvalue weighted by molar-refractivity contribution is -0.136. The molecule has 2 saturated heterocycles. The summed E-state index contributed by atoms with van der Waals surface area (Å²) in [6, 6.07) is 6.53. The number of thiazole rings is 1. The van der Waals surface area contributed by atoms with E-state index in [1.165, 1.54) is 38.9 Å². The fraction of sp³-hybridized carbons (Fsp3) is 0.448. The van der Waals surface area contributed by atoms with Crippen molar-refractivity contribution in [1.29, 1.82) is 0 Å². The zero-order valence-electron chi connectivity index (χ0n) is 21.4. The molecule has 0 N–H and O–H groups in total. The van der Waals surface area contributed by atoms with Gasteiger partial charge in [0.1, 0.15) is 0 Å². The quantitative estimate of drug-likeness (QED) is 0.472. The average molecular weight is 500 g/mol. The highest BCUT2D eigenvalue weighted by Crippen LogP contribution is 2.43. The van der Waals surface area contributed by atoms with Gasteiger partial charge in [-0.1, -0.05) is 24.8 Å². The molecule has 1 aliphatic carbocycles. The highest BCUT2D eigenvalue weighted by Gasteiger charge is 2.49. The lowest BCUT2D eigenvalue weighted by atomic mass is 9.79. The van der Waals surface area contributed by atoms with Crippen LogP contribution in [0.2, 0.25) is 0 Å². The SMILES string of the molecule is C=CC(=O)N1CC2(CCN(c3nc4c(c(-c5cccc(C)c5C)n3)CC[C@H](c3scnc3C)C4)C2)C1. The smallest absolute Gasteiger partial charge is 0.245 e. The zero-order valence-corrected chi connectivity index (χ0v) is 22.2. The Hall–Kier alpha value is -3.06. The van der Waals surface area contributed by atoms with Crippen LogP contribution in [0, 0.1) is 26.2 Å². The molecule has 2 aromatic heterocycles. The fourth-order valence-electron chi connectivity index (χ4n) is 6.31. The Morgan fingerprint density at radius 2 is 2.03 bits per heavy atom. The first-order valence-corrected chi connectivity index (χ1v) is 13.8. The van der Waals surface area contributed by atoms with Crippen molar-refractivity contribution < 1.29 is 4.79 Å². The minimum absolute atomic E-state index is 0.0331. The van der Waals surface area contributed by atoms with Gasteiger partial charge in [0.05, 0.1) is 22.6 Å². The summed E-state index contributed by atoms with van der Waals surface area (Å²) >= 11 is 1.78. The van der Waals surface area contributed by atoms with Gasteiger partial charge in [-0.2, -0.15) is 0 Å². The molecule has 2 aliphatic heterocycles. The summed E-state index contributed by atoms with van der Waals surface area (Å²) in [6.45, 7) is 13.6. The molecular weight excluding hydrogens is 466 g/mol. The Kier molecular flexibility index (Phi) is 5.71. The number of anilines is 1. The molecule has 1 spiro atoms. The summed E-state index contributed by atoms with van der Waals surface area (Å²) in [5, 5.41) is 0.